The number of amides is 1. The number of benzene rings is 1. The summed E-state index contributed by atoms with van der Waals surface area (Å²) in [6, 6.07) is 6.03. The number of nitrogens with two attached hydrogens (primary N) is 1. The molecular formula is C16H20N2O. The molecule has 0 spiro atoms. The fourth-order valence-corrected chi connectivity index (χ4v) is 2.31. The van der Waals surface area contributed by atoms with Crippen LogP contribution >= 0.6 is 0 Å². The van der Waals surface area contributed by atoms with Gasteiger partial charge < -0.3 is 10.6 Å². The van der Waals surface area contributed by atoms with Crippen molar-refractivity contribution in [3.8, 4) is 11.8 Å². The van der Waals surface area contributed by atoms with Gasteiger partial charge in [0.2, 0.25) is 5.91 Å². The van der Waals surface area contributed by atoms with Gasteiger partial charge >= 0.3 is 0 Å². The Morgan fingerprint density at radius 1 is 1.32 bits per heavy atom. The van der Waals surface area contributed by atoms with Crippen LogP contribution in [-0.2, 0) is 4.79 Å². The molecule has 1 fully saturated rings. The van der Waals surface area contributed by atoms with Crippen LogP contribution in [0.4, 0.5) is 5.69 Å². The Bertz CT molecular complexity index is 525. The van der Waals surface area contributed by atoms with Gasteiger partial charge in [-0.15, -0.1) is 0 Å². The minimum atomic E-state index is 0.221. The van der Waals surface area contributed by atoms with Gasteiger partial charge in [0.1, 0.15) is 0 Å². The molecule has 1 aliphatic rings. The lowest BCUT2D eigenvalue weighted by molar-refractivity contribution is -0.118. The van der Waals surface area contributed by atoms with E-state index >= 15 is 0 Å². The Morgan fingerprint density at radius 3 is 2.95 bits per heavy atom. The fraction of sp³-hybridized carbons (Fsp3) is 0.438. The average molecular weight is 256 g/mol. The zero-order chi connectivity index (χ0) is 13.7. The van der Waals surface area contributed by atoms with Crippen molar-refractivity contribution in [1.29, 1.82) is 0 Å². The molecule has 100 valence electrons. The van der Waals surface area contributed by atoms with Gasteiger partial charge in [-0.05, 0) is 37.5 Å². The molecule has 0 bridgehead atoms. The predicted molar refractivity (Wildman–Crippen MR) is 77.9 cm³/mol. The van der Waals surface area contributed by atoms with Gasteiger partial charge in [0, 0.05) is 24.2 Å². The topological polar surface area (TPSA) is 46.3 Å². The van der Waals surface area contributed by atoms with E-state index in [-0.39, 0.29) is 5.91 Å². The Labute approximate surface area is 114 Å². The number of anilines is 1. The highest BCUT2D eigenvalue weighted by Gasteiger charge is 2.18. The van der Waals surface area contributed by atoms with Crippen molar-refractivity contribution >= 4 is 11.6 Å². The number of aryl methyl sites for hydroxylation is 1. The van der Waals surface area contributed by atoms with E-state index in [2.05, 4.69) is 11.8 Å². The Kier molecular flexibility index (Phi) is 4.59. The van der Waals surface area contributed by atoms with Gasteiger partial charge in [0.25, 0.3) is 0 Å². The van der Waals surface area contributed by atoms with Crippen LogP contribution in [0, 0.1) is 18.8 Å². The predicted octanol–water partition coefficient (Wildman–Crippen LogP) is 2.21. The standard InChI is InChI=1S/C16H20N2O/c1-13-8-9-15(12-14(13)6-5-10-17)18-11-4-2-3-7-16(18)19/h8-9,12H,2-4,7,10-11,17H2,1H3. The van der Waals surface area contributed by atoms with Gasteiger partial charge in [0.15, 0.2) is 0 Å². The highest BCUT2D eigenvalue weighted by Crippen LogP contribution is 2.23. The first kappa shape index (κ1) is 13.6. The molecule has 0 saturated carbocycles. The summed E-state index contributed by atoms with van der Waals surface area (Å²) in [5.41, 5.74) is 8.45. The highest BCUT2D eigenvalue weighted by molar-refractivity contribution is 5.93. The molecule has 1 aromatic carbocycles. The molecule has 0 radical (unpaired) electrons. The number of carbonyl (C=O) groups excluding carboxylic acids is 1. The van der Waals surface area contributed by atoms with Gasteiger partial charge in [-0.3, -0.25) is 4.79 Å². The molecule has 2 rings (SSSR count). The summed E-state index contributed by atoms with van der Waals surface area (Å²) in [5.74, 6) is 6.16. The van der Waals surface area contributed by atoms with E-state index in [1.165, 1.54) is 0 Å². The van der Waals surface area contributed by atoms with E-state index in [0.717, 1.165) is 42.6 Å². The summed E-state index contributed by atoms with van der Waals surface area (Å²) in [4.78, 5) is 14.0. The van der Waals surface area contributed by atoms with Crippen LogP contribution < -0.4 is 10.6 Å². The minimum Gasteiger partial charge on any atom is -0.320 e. The van der Waals surface area contributed by atoms with E-state index in [0.29, 0.717) is 13.0 Å². The maximum Gasteiger partial charge on any atom is 0.226 e. The first-order valence-electron chi connectivity index (χ1n) is 6.82. The molecule has 1 heterocycles. The van der Waals surface area contributed by atoms with Crippen molar-refractivity contribution in [2.45, 2.75) is 32.6 Å². The quantitative estimate of drug-likeness (QED) is 0.783. The first-order chi connectivity index (χ1) is 9.22. The zero-order valence-electron chi connectivity index (χ0n) is 11.4. The lowest BCUT2D eigenvalue weighted by Crippen LogP contribution is -2.30. The van der Waals surface area contributed by atoms with Crippen LogP contribution in [0.1, 0.15) is 36.8 Å². The third-order valence-corrected chi connectivity index (χ3v) is 3.43. The normalized spacial score (nSPS) is 15.7. The van der Waals surface area contributed by atoms with Crippen molar-refractivity contribution in [2.75, 3.05) is 18.0 Å². The Hall–Kier alpha value is -1.79. The number of hydrogen-bond donors (Lipinski definition) is 1. The fourth-order valence-electron chi connectivity index (χ4n) is 2.31. The van der Waals surface area contributed by atoms with Crippen LogP contribution in [0.3, 0.4) is 0 Å². The second kappa shape index (κ2) is 6.40. The summed E-state index contributed by atoms with van der Waals surface area (Å²) < 4.78 is 0. The average Bonchev–Trinajstić information content (AvgIpc) is 2.63. The molecule has 1 amide bonds. The van der Waals surface area contributed by atoms with E-state index in [1.807, 2.05) is 30.0 Å². The SMILES string of the molecule is Cc1ccc(N2CCCCCC2=O)cc1C#CCN. The number of rotatable bonds is 1. The molecule has 19 heavy (non-hydrogen) atoms. The number of carbonyl (C=O) groups is 1. The van der Waals surface area contributed by atoms with Crippen LogP contribution in [-0.4, -0.2) is 19.0 Å². The third kappa shape index (κ3) is 3.36. The summed E-state index contributed by atoms with van der Waals surface area (Å²) >= 11 is 0. The molecule has 2 N–H and O–H groups in total. The first-order valence-corrected chi connectivity index (χ1v) is 6.82. The maximum absolute atomic E-state index is 12.1. The number of nitrogens with zero attached hydrogens (tertiary/aromatic N) is 1. The molecule has 0 unspecified atom stereocenters. The van der Waals surface area contributed by atoms with Crippen molar-refractivity contribution in [3.63, 3.8) is 0 Å². The van der Waals surface area contributed by atoms with E-state index in [1.54, 1.807) is 0 Å². The molecule has 0 atom stereocenters. The molecule has 0 aliphatic carbocycles. The molecule has 0 aromatic heterocycles. The zero-order valence-corrected chi connectivity index (χ0v) is 11.4. The smallest absolute Gasteiger partial charge is 0.226 e. The van der Waals surface area contributed by atoms with Crippen molar-refractivity contribution in [3.05, 3.63) is 29.3 Å². The van der Waals surface area contributed by atoms with Crippen molar-refractivity contribution in [1.82, 2.24) is 0 Å². The monoisotopic (exact) mass is 256 g/mol. The number of hydrogen-bond acceptors (Lipinski definition) is 2. The van der Waals surface area contributed by atoms with E-state index in [9.17, 15) is 4.79 Å². The van der Waals surface area contributed by atoms with Gasteiger partial charge in [0.05, 0.1) is 6.54 Å². The maximum atomic E-state index is 12.1. The molecule has 1 aromatic rings. The summed E-state index contributed by atoms with van der Waals surface area (Å²) in [6.45, 7) is 3.19. The molecule has 1 saturated heterocycles. The molecular weight excluding hydrogens is 236 g/mol. The molecule has 3 nitrogen and oxygen atoms in total. The van der Waals surface area contributed by atoms with Crippen molar-refractivity contribution in [2.24, 2.45) is 5.73 Å². The van der Waals surface area contributed by atoms with Crippen LogP contribution in [0.15, 0.2) is 18.2 Å². The van der Waals surface area contributed by atoms with Crippen LogP contribution in [0.2, 0.25) is 0 Å². The van der Waals surface area contributed by atoms with Gasteiger partial charge in [-0.1, -0.05) is 24.3 Å². The van der Waals surface area contributed by atoms with Crippen molar-refractivity contribution < 1.29 is 4.79 Å². The summed E-state index contributed by atoms with van der Waals surface area (Å²) in [6.07, 6.45) is 3.86. The molecule has 3 heteroatoms. The largest absolute Gasteiger partial charge is 0.320 e. The van der Waals surface area contributed by atoms with E-state index in [4.69, 9.17) is 5.73 Å². The lowest BCUT2D eigenvalue weighted by Gasteiger charge is -2.21. The highest BCUT2D eigenvalue weighted by atomic mass is 16.2. The van der Waals surface area contributed by atoms with Gasteiger partial charge in [-0.25, -0.2) is 0 Å². The van der Waals surface area contributed by atoms with Crippen LogP contribution in [0.5, 0.6) is 0 Å². The lowest BCUT2D eigenvalue weighted by atomic mass is 10.1. The Morgan fingerprint density at radius 2 is 2.16 bits per heavy atom. The van der Waals surface area contributed by atoms with Gasteiger partial charge in [-0.2, -0.15) is 0 Å². The second-order valence-electron chi connectivity index (χ2n) is 4.86. The summed E-state index contributed by atoms with van der Waals surface area (Å²) in [7, 11) is 0. The minimum absolute atomic E-state index is 0.221. The molecule has 1 aliphatic heterocycles. The van der Waals surface area contributed by atoms with Crippen LogP contribution in [0.25, 0.3) is 0 Å². The summed E-state index contributed by atoms with van der Waals surface area (Å²) in [5, 5.41) is 0. The Balaban J connectivity index is 2.31. The third-order valence-electron chi connectivity index (χ3n) is 3.43. The second-order valence-corrected chi connectivity index (χ2v) is 4.86. The van der Waals surface area contributed by atoms with E-state index < -0.39 is 0 Å².